The van der Waals surface area contributed by atoms with E-state index in [1.54, 1.807) is 0 Å². The van der Waals surface area contributed by atoms with E-state index < -0.39 is 0 Å². The van der Waals surface area contributed by atoms with E-state index in [1.165, 1.54) is 19.8 Å². The second-order valence-electron chi connectivity index (χ2n) is 5.24. The molecule has 2 heteroatoms. The highest BCUT2D eigenvalue weighted by Gasteiger charge is 2.34. The first kappa shape index (κ1) is 9.01. The van der Waals surface area contributed by atoms with Crippen molar-refractivity contribution in [3.8, 4) is 0 Å². The van der Waals surface area contributed by atoms with Crippen molar-refractivity contribution in [1.82, 2.24) is 4.90 Å². The molecule has 1 heterocycles. The molecule has 0 spiro atoms. The monoisotopic (exact) mass is 157 g/mol. The van der Waals surface area contributed by atoms with E-state index in [4.69, 9.17) is 0 Å². The molecule has 66 valence electrons. The van der Waals surface area contributed by atoms with E-state index in [1.807, 2.05) is 0 Å². The fourth-order valence-corrected chi connectivity index (χ4v) is 1.54. The summed E-state index contributed by atoms with van der Waals surface area (Å²) in [4.78, 5) is 2.55. The fraction of sp³-hybridized carbons (Fsp3) is 1.00. The molecule has 11 heavy (non-hydrogen) atoms. The second-order valence-corrected chi connectivity index (χ2v) is 5.24. The first-order valence-electron chi connectivity index (χ1n) is 4.38. The fourth-order valence-electron chi connectivity index (χ4n) is 1.54. The Bertz CT molecular complexity index is 144. The summed E-state index contributed by atoms with van der Waals surface area (Å²) < 4.78 is 1.15. The van der Waals surface area contributed by atoms with E-state index in [2.05, 4.69) is 39.8 Å². The molecule has 2 nitrogen and oxygen atoms in total. The largest absolute Gasteiger partial charge is 0.315 e. The molecule has 1 fully saturated rings. The molecule has 1 aliphatic rings. The summed E-state index contributed by atoms with van der Waals surface area (Å²) in [5.74, 6) is 0. The van der Waals surface area contributed by atoms with Gasteiger partial charge in [0.25, 0.3) is 0 Å². The molecule has 0 radical (unpaired) electrons. The molecule has 1 rings (SSSR count). The first-order chi connectivity index (χ1) is 4.81. The van der Waals surface area contributed by atoms with Crippen molar-refractivity contribution in [3.05, 3.63) is 0 Å². The van der Waals surface area contributed by atoms with Crippen molar-refractivity contribution >= 4 is 0 Å². The van der Waals surface area contributed by atoms with E-state index in [-0.39, 0.29) is 0 Å². The van der Waals surface area contributed by atoms with E-state index in [9.17, 15) is 0 Å². The Labute approximate surface area is 70.4 Å². The van der Waals surface area contributed by atoms with E-state index >= 15 is 0 Å². The van der Waals surface area contributed by atoms with E-state index in [0.717, 1.165) is 4.48 Å². The lowest BCUT2D eigenvalue weighted by Gasteiger charge is -2.31. The summed E-state index contributed by atoms with van der Waals surface area (Å²) >= 11 is 0. The van der Waals surface area contributed by atoms with Crippen LogP contribution in [0.5, 0.6) is 0 Å². The molecule has 0 amide bonds. The normalized spacial score (nSPS) is 25.9. The van der Waals surface area contributed by atoms with Crippen LogP contribution in [-0.2, 0) is 0 Å². The van der Waals surface area contributed by atoms with Crippen molar-refractivity contribution in [2.75, 3.05) is 33.9 Å². The molecule has 0 bridgehead atoms. The molecule has 0 saturated carbocycles. The van der Waals surface area contributed by atoms with Crippen molar-refractivity contribution in [2.45, 2.75) is 26.3 Å². The minimum Gasteiger partial charge on any atom is -0.315 e. The highest BCUT2D eigenvalue weighted by atomic mass is 15.5. The summed E-state index contributed by atoms with van der Waals surface area (Å²) in [5, 5.41) is 0. The van der Waals surface area contributed by atoms with Crippen LogP contribution in [0, 0.1) is 0 Å². The molecule has 0 aliphatic carbocycles. The maximum absolute atomic E-state index is 2.55. The van der Waals surface area contributed by atoms with Gasteiger partial charge in [0.2, 0.25) is 0 Å². The lowest BCUT2D eigenvalue weighted by molar-refractivity contribution is -0.882. The van der Waals surface area contributed by atoms with Gasteiger partial charge in [-0.3, -0.25) is 0 Å². The van der Waals surface area contributed by atoms with Gasteiger partial charge in [0.1, 0.15) is 6.67 Å². The molecule has 0 unspecified atom stereocenters. The standard InChI is InChI=1S/C9H21N2/c1-9(2,3)10-6-7-11(4,5)8-10/h6-8H2,1-5H3/q+1. The number of hydrogen-bond donors (Lipinski definition) is 0. The van der Waals surface area contributed by atoms with Crippen LogP contribution >= 0.6 is 0 Å². The van der Waals surface area contributed by atoms with Crippen LogP contribution in [0.3, 0.4) is 0 Å². The number of quaternary nitrogens is 1. The number of likely N-dealkylation sites (N-methyl/N-ethyl adjacent to an activating group) is 1. The van der Waals surface area contributed by atoms with Gasteiger partial charge >= 0.3 is 0 Å². The van der Waals surface area contributed by atoms with Crippen molar-refractivity contribution in [1.29, 1.82) is 0 Å². The number of hydrogen-bond acceptors (Lipinski definition) is 1. The zero-order chi connectivity index (χ0) is 8.70. The summed E-state index contributed by atoms with van der Waals surface area (Å²) in [6.07, 6.45) is 0. The van der Waals surface area contributed by atoms with Gasteiger partial charge in [-0.1, -0.05) is 0 Å². The van der Waals surface area contributed by atoms with Crippen LogP contribution < -0.4 is 0 Å². The summed E-state index contributed by atoms with van der Waals surface area (Å²) in [6, 6.07) is 0. The molecule has 0 aromatic carbocycles. The molecule has 1 saturated heterocycles. The maximum atomic E-state index is 2.55. The van der Waals surface area contributed by atoms with Crippen molar-refractivity contribution < 1.29 is 4.48 Å². The maximum Gasteiger partial charge on any atom is 0.135 e. The molecular formula is C9H21N2+. The van der Waals surface area contributed by atoms with Gasteiger partial charge in [-0.05, 0) is 20.8 Å². The molecule has 0 aromatic rings. The summed E-state index contributed by atoms with van der Waals surface area (Å²) in [6.45, 7) is 10.6. The van der Waals surface area contributed by atoms with Crippen LogP contribution in [0.1, 0.15) is 20.8 Å². The van der Waals surface area contributed by atoms with Gasteiger partial charge in [-0.15, -0.1) is 0 Å². The van der Waals surface area contributed by atoms with Gasteiger partial charge in [0.05, 0.1) is 27.2 Å². The highest BCUT2D eigenvalue weighted by molar-refractivity contribution is 4.76. The van der Waals surface area contributed by atoms with Gasteiger partial charge in [-0.2, -0.15) is 0 Å². The quantitative estimate of drug-likeness (QED) is 0.477. The zero-order valence-electron chi connectivity index (χ0n) is 8.52. The number of nitrogens with zero attached hydrogens (tertiary/aromatic N) is 2. The molecule has 1 aliphatic heterocycles. The topological polar surface area (TPSA) is 3.24 Å². The van der Waals surface area contributed by atoms with E-state index in [0.29, 0.717) is 5.54 Å². The van der Waals surface area contributed by atoms with Crippen LogP contribution in [0.2, 0.25) is 0 Å². The smallest absolute Gasteiger partial charge is 0.135 e. The van der Waals surface area contributed by atoms with Gasteiger partial charge < -0.3 is 4.48 Å². The Balaban J connectivity index is 2.55. The van der Waals surface area contributed by atoms with Gasteiger partial charge in [-0.25, -0.2) is 4.90 Å². The third kappa shape index (κ3) is 2.17. The average Bonchev–Trinajstić information content (AvgIpc) is 2.07. The predicted molar refractivity (Wildman–Crippen MR) is 48.3 cm³/mol. The Hall–Kier alpha value is -0.0800. The molecule has 0 aromatic heterocycles. The minimum atomic E-state index is 0.353. The third-order valence-electron chi connectivity index (χ3n) is 2.48. The second kappa shape index (κ2) is 2.46. The molecular weight excluding hydrogens is 136 g/mol. The molecule has 0 N–H and O–H groups in total. The van der Waals surface area contributed by atoms with Gasteiger partial charge in [0, 0.05) is 5.54 Å². The summed E-state index contributed by atoms with van der Waals surface area (Å²) in [7, 11) is 4.59. The van der Waals surface area contributed by atoms with Crippen molar-refractivity contribution in [3.63, 3.8) is 0 Å². The Morgan fingerprint density at radius 1 is 1.18 bits per heavy atom. The predicted octanol–water partition coefficient (Wildman–Crippen LogP) is 1.13. The third-order valence-corrected chi connectivity index (χ3v) is 2.48. The molecule has 0 atom stereocenters. The highest BCUT2D eigenvalue weighted by Crippen LogP contribution is 2.20. The Morgan fingerprint density at radius 3 is 1.91 bits per heavy atom. The van der Waals surface area contributed by atoms with Gasteiger partial charge in [0.15, 0.2) is 0 Å². The van der Waals surface area contributed by atoms with Crippen LogP contribution in [0.4, 0.5) is 0 Å². The average molecular weight is 157 g/mol. The summed E-state index contributed by atoms with van der Waals surface area (Å²) in [5.41, 5.74) is 0.353. The SMILES string of the molecule is CC(C)(C)N1CC[N+](C)(C)C1. The van der Waals surface area contributed by atoms with Crippen LogP contribution in [-0.4, -0.2) is 48.8 Å². The van der Waals surface area contributed by atoms with Crippen molar-refractivity contribution in [2.24, 2.45) is 0 Å². The van der Waals surface area contributed by atoms with Crippen LogP contribution in [0.15, 0.2) is 0 Å². The first-order valence-corrected chi connectivity index (χ1v) is 4.38. The zero-order valence-corrected chi connectivity index (χ0v) is 8.52. The van der Waals surface area contributed by atoms with Crippen LogP contribution in [0.25, 0.3) is 0 Å². The Kier molecular flexibility index (Phi) is 2.01. The number of rotatable bonds is 0. The lowest BCUT2D eigenvalue weighted by Crippen LogP contribution is -2.44. The minimum absolute atomic E-state index is 0.353. The lowest BCUT2D eigenvalue weighted by atomic mass is 10.1. The Morgan fingerprint density at radius 2 is 1.73 bits per heavy atom.